The fourth-order valence-electron chi connectivity index (χ4n) is 1.14. The molecule has 1 aromatic rings. The number of nitrogens with two attached hydrogens (primary N) is 1. The van der Waals surface area contributed by atoms with Crippen molar-refractivity contribution in [1.29, 1.82) is 5.41 Å². The number of nitrogens with zero attached hydrogens (tertiary/aromatic N) is 3. The highest BCUT2D eigenvalue weighted by atomic mass is 15.1. The van der Waals surface area contributed by atoms with Gasteiger partial charge in [-0.3, -0.25) is 5.41 Å². The summed E-state index contributed by atoms with van der Waals surface area (Å²) in [6.07, 6.45) is 0.496. The molecule has 0 fully saturated rings. The lowest BCUT2D eigenvalue weighted by atomic mass is 10.1. The molecule has 0 aliphatic carbocycles. The zero-order chi connectivity index (χ0) is 11.8. The third kappa shape index (κ3) is 3.37. The Balaban J connectivity index is 2.80. The number of rotatable bonds is 3. The molecule has 0 unspecified atom stereocenters. The molecule has 0 saturated carbocycles. The second-order valence-electron chi connectivity index (χ2n) is 2.97. The Morgan fingerprint density at radius 3 is 2.94 bits per heavy atom. The van der Waals surface area contributed by atoms with E-state index in [1.54, 1.807) is 12.1 Å². The smallest absolute Gasteiger partial charge is 0.124 e. The summed E-state index contributed by atoms with van der Waals surface area (Å²) < 4.78 is 0. The zero-order valence-electron chi connectivity index (χ0n) is 8.64. The fraction of sp³-hybridized carbons (Fsp3) is 0.182. The first kappa shape index (κ1) is 11.6. The second kappa shape index (κ2) is 6.12. The average molecular weight is 213 g/mol. The highest BCUT2D eigenvalue weighted by molar-refractivity contribution is 5.97. The molecule has 0 aliphatic rings. The summed E-state index contributed by atoms with van der Waals surface area (Å²) in [5, 5.41) is 10.7. The van der Waals surface area contributed by atoms with Gasteiger partial charge in [-0.05, 0) is 11.6 Å². The maximum absolute atomic E-state index is 8.07. The summed E-state index contributed by atoms with van der Waals surface area (Å²) in [7, 11) is 0. The van der Waals surface area contributed by atoms with Crippen LogP contribution in [0.25, 0.3) is 10.4 Å². The standard InChI is InChI=1S/C11H11N5/c12-11(13)10-7-2-1-5-9(10)6-3-4-8-15-16-14/h1-2,5,7H,4,8H2,(H3,12,13). The van der Waals surface area contributed by atoms with Gasteiger partial charge in [0.1, 0.15) is 5.84 Å². The Morgan fingerprint density at radius 2 is 2.25 bits per heavy atom. The molecule has 16 heavy (non-hydrogen) atoms. The molecule has 80 valence electrons. The maximum Gasteiger partial charge on any atom is 0.124 e. The van der Waals surface area contributed by atoms with E-state index in [1.165, 1.54) is 0 Å². The van der Waals surface area contributed by atoms with Gasteiger partial charge in [0.2, 0.25) is 0 Å². The molecule has 1 aromatic carbocycles. The van der Waals surface area contributed by atoms with Gasteiger partial charge in [0.05, 0.1) is 0 Å². The van der Waals surface area contributed by atoms with Crippen LogP contribution in [-0.2, 0) is 0 Å². The molecular formula is C11H11N5. The van der Waals surface area contributed by atoms with Crippen LogP contribution in [0, 0.1) is 17.3 Å². The van der Waals surface area contributed by atoms with Gasteiger partial charge in [0.15, 0.2) is 0 Å². The monoisotopic (exact) mass is 213 g/mol. The van der Waals surface area contributed by atoms with Crippen LogP contribution in [0.3, 0.4) is 0 Å². The normalized spacial score (nSPS) is 8.50. The molecule has 0 atom stereocenters. The Labute approximate surface area is 93.4 Å². The molecule has 0 amide bonds. The van der Waals surface area contributed by atoms with Gasteiger partial charge in [-0.2, -0.15) is 0 Å². The lowest BCUT2D eigenvalue weighted by Gasteiger charge is -2.00. The molecule has 0 bridgehead atoms. The molecule has 5 heteroatoms. The van der Waals surface area contributed by atoms with Crippen molar-refractivity contribution >= 4 is 5.84 Å². The summed E-state index contributed by atoms with van der Waals surface area (Å²) in [5.74, 6) is 5.76. The van der Waals surface area contributed by atoms with Crippen LogP contribution in [0.15, 0.2) is 29.4 Å². The lowest BCUT2D eigenvalue weighted by molar-refractivity contribution is 1.01. The number of hydrogen-bond donors (Lipinski definition) is 2. The molecule has 0 saturated heterocycles. The minimum atomic E-state index is -0.0000503. The highest BCUT2D eigenvalue weighted by Crippen LogP contribution is 2.05. The van der Waals surface area contributed by atoms with Crippen LogP contribution >= 0.6 is 0 Å². The summed E-state index contributed by atoms with van der Waals surface area (Å²) >= 11 is 0. The van der Waals surface area contributed by atoms with Gasteiger partial charge in [0.25, 0.3) is 0 Å². The zero-order valence-corrected chi connectivity index (χ0v) is 8.64. The van der Waals surface area contributed by atoms with Gasteiger partial charge in [-0.15, -0.1) is 0 Å². The number of azide groups is 1. The van der Waals surface area contributed by atoms with Gasteiger partial charge in [0, 0.05) is 29.0 Å². The van der Waals surface area contributed by atoms with E-state index in [-0.39, 0.29) is 5.84 Å². The Bertz CT molecular complexity index is 489. The largest absolute Gasteiger partial charge is 0.384 e. The first-order valence-electron chi connectivity index (χ1n) is 4.69. The molecule has 0 aromatic heterocycles. The second-order valence-corrected chi connectivity index (χ2v) is 2.97. The Hall–Kier alpha value is -2.44. The van der Waals surface area contributed by atoms with Crippen LogP contribution in [0.4, 0.5) is 0 Å². The van der Waals surface area contributed by atoms with Crippen molar-refractivity contribution in [2.24, 2.45) is 10.8 Å². The highest BCUT2D eigenvalue weighted by Gasteiger charge is 2.00. The van der Waals surface area contributed by atoms with E-state index in [0.717, 1.165) is 5.56 Å². The number of hydrogen-bond acceptors (Lipinski definition) is 2. The van der Waals surface area contributed by atoms with Crippen LogP contribution < -0.4 is 5.73 Å². The average Bonchev–Trinajstić information content (AvgIpc) is 2.29. The first-order valence-corrected chi connectivity index (χ1v) is 4.69. The van der Waals surface area contributed by atoms with Crippen molar-refractivity contribution < 1.29 is 0 Å². The van der Waals surface area contributed by atoms with Gasteiger partial charge in [-0.1, -0.05) is 35.2 Å². The van der Waals surface area contributed by atoms with Gasteiger partial charge >= 0.3 is 0 Å². The van der Waals surface area contributed by atoms with Crippen molar-refractivity contribution in [1.82, 2.24) is 0 Å². The Kier molecular flexibility index (Phi) is 4.45. The Morgan fingerprint density at radius 1 is 1.50 bits per heavy atom. The van der Waals surface area contributed by atoms with Crippen LogP contribution in [0.1, 0.15) is 17.5 Å². The van der Waals surface area contributed by atoms with Crippen LogP contribution in [0.5, 0.6) is 0 Å². The number of amidine groups is 1. The van der Waals surface area contributed by atoms with Crippen molar-refractivity contribution in [2.75, 3.05) is 6.54 Å². The van der Waals surface area contributed by atoms with E-state index in [0.29, 0.717) is 18.5 Å². The van der Waals surface area contributed by atoms with E-state index >= 15 is 0 Å². The molecule has 0 spiro atoms. The lowest BCUT2D eigenvalue weighted by Crippen LogP contribution is -2.12. The van der Waals surface area contributed by atoms with E-state index < -0.39 is 0 Å². The van der Waals surface area contributed by atoms with Gasteiger partial charge in [-0.25, -0.2) is 0 Å². The van der Waals surface area contributed by atoms with Crippen molar-refractivity contribution in [3.05, 3.63) is 45.8 Å². The van der Waals surface area contributed by atoms with Crippen molar-refractivity contribution in [3.63, 3.8) is 0 Å². The first-order chi connectivity index (χ1) is 7.75. The third-order valence-corrected chi connectivity index (χ3v) is 1.84. The van der Waals surface area contributed by atoms with Crippen LogP contribution in [0.2, 0.25) is 0 Å². The quantitative estimate of drug-likeness (QED) is 0.150. The third-order valence-electron chi connectivity index (χ3n) is 1.84. The summed E-state index contributed by atoms with van der Waals surface area (Å²) in [6, 6.07) is 7.20. The molecule has 0 radical (unpaired) electrons. The minimum absolute atomic E-state index is 0.0000503. The molecular weight excluding hydrogens is 202 g/mol. The molecule has 1 rings (SSSR count). The summed E-state index contributed by atoms with van der Waals surface area (Å²) in [5.41, 5.74) is 14.8. The molecule has 0 aliphatic heterocycles. The van der Waals surface area contributed by atoms with Crippen LogP contribution in [-0.4, -0.2) is 12.4 Å². The van der Waals surface area contributed by atoms with E-state index in [2.05, 4.69) is 21.9 Å². The molecule has 0 heterocycles. The molecule has 3 N–H and O–H groups in total. The van der Waals surface area contributed by atoms with E-state index in [4.69, 9.17) is 16.7 Å². The number of nitrogen functional groups attached to an aromatic ring is 1. The number of nitrogens with one attached hydrogen (secondary N) is 1. The SMILES string of the molecule is [N-]=[N+]=NCCC#Cc1ccccc1C(=N)N. The fourth-order valence-corrected chi connectivity index (χ4v) is 1.14. The predicted octanol–water partition coefficient (Wildman–Crippen LogP) is 2.02. The molecule has 5 nitrogen and oxygen atoms in total. The van der Waals surface area contributed by atoms with Gasteiger partial charge < -0.3 is 5.73 Å². The minimum Gasteiger partial charge on any atom is -0.384 e. The van der Waals surface area contributed by atoms with Crippen molar-refractivity contribution in [3.8, 4) is 11.8 Å². The van der Waals surface area contributed by atoms with E-state index in [9.17, 15) is 0 Å². The topological polar surface area (TPSA) is 98.6 Å². The predicted molar refractivity (Wildman–Crippen MR) is 63.0 cm³/mol. The van der Waals surface area contributed by atoms with E-state index in [1.807, 2.05) is 12.1 Å². The van der Waals surface area contributed by atoms with Crippen molar-refractivity contribution in [2.45, 2.75) is 6.42 Å². The number of benzene rings is 1. The maximum atomic E-state index is 8.07. The summed E-state index contributed by atoms with van der Waals surface area (Å²) in [4.78, 5) is 2.63. The summed E-state index contributed by atoms with van der Waals surface area (Å²) in [6.45, 7) is 0.353.